The van der Waals surface area contributed by atoms with Crippen LogP contribution in [0, 0.1) is 5.82 Å². The van der Waals surface area contributed by atoms with Crippen LogP contribution in [-0.2, 0) is 6.18 Å². The first-order valence-corrected chi connectivity index (χ1v) is 9.85. The van der Waals surface area contributed by atoms with E-state index in [4.69, 9.17) is 5.73 Å². The lowest BCUT2D eigenvalue weighted by atomic mass is 10.0. The quantitative estimate of drug-likeness (QED) is 0.343. The van der Waals surface area contributed by atoms with Crippen LogP contribution in [0.25, 0.3) is 38.8 Å². The third kappa shape index (κ3) is 3.49. The number of H-pyrrole nitrogens is 1. The smallest absolute Gasteiger partial charge is 0.384 e. The zero-order valence-electron chi connectivity index (χ0n) is 17.1. The van der Waals surface area contributed by atoms with Crippen molar-refractivity contribution in [3.05, 3.63) is 54.5 Å². The Hall–Kier alpha value is -4.22. The number of fused-ring (bicyclic) bond motifs is 3. The minimum atomic E-state index is -4.63. The third-order valence-electron chi connectivity index (χ3n) is 5.13. The number of halogens is 4. The van der Waals surface area contributed by atoms with Gasteiger partial charge < -0.3 is 16.0 Å². The Morgan fingerprint density at radius 3 is 2.55 bits per heavy atom. The SMILES string of the molecule is CCNc1cc(F)cc2c1[nH]c1ncc(-c3cnc(N)nc3)c(-n3ccc(C(F)(F)F)n3)c12. The lowest BCUT2D eigenvalue weighted by molar-refractivity contribution is -0.141. The molecule has 5 aromatic rings. The van der Waals surface area contributed by atoms with E-state index in [1.54, 1.807) is 0 Å². The predicted molar refractivity (Wildman–Crippen MR) is 115 cm³/mol. The van der Waals surface area contributed by atoms with Crippen molar-refractivity contribution >= 4 is 33.6 Å². The second-order valence-corrected chi connectivity index (χ2v) is 7.25. The molecule has 0 radical (unpaired) electrons. The Kier molecular flexibility index (Phi) is 4.65. The van der Waals surface area contributed by atoms with Gasteiger partial charge in [-0.3, -0.25) is 0 Å². The maximum Gasteiger partial charge on any atom is 0.435 e. The van der Waals surface area contributed by atoms with E-state index in [0.29, 0.717) is 45.3 Å². The molecule has 4 heterocycles. The molecule has 8 nitrogen and oxygen atoms in total. The number of nitrogen functional groups attached to an aromatic ring is 1. The molecule has 0 atom stereocenters. The van der Waals surface area contributed by atoms with Crippen LogP contribution in [0.4, 0.5) is 29.2 Å². The van der Waals surface area contributed by atoms with E-state index in [1.165, 1.54) is 36.9 Å². The summed E-state index contributed by atoms with van der Waals surface area (Å²) in [5.41, 5.74) is 7.06. The number of nitrogens with zero attached hydrogens (tertiary/aromatic N) is 5. The molecule has 4 N–H and O–H groups in total. The Bertz CT molecular complexity index is 1480. The molecule has 0 saturated carbocycles. The van der Waals surface area contributed by atoms with Crippen LogP contribution in [0.2, 0.25) is 0 Å². The van der Waals surface area contributed by atoms with Crippen LogP contribution >= 0.6 is 0 Å². The first-order chi connectivity index (χ1) is 15.8. The second-order valence-electron chi connectivity index (χ2n) is 7.25. The van der Waals surface area contributed by atoms with Crippen molar-refractivity contribution in [1.29, 1.82) is 0 Å². The van der Waals surface area contributed by atoms with Gasteiger partial charge in [0.15, 0.2) is 5.69 Å². The van der Waals surface area contributed by atoms with Crippen molar-refractivity contribution in [2.45, 2.75) is 13.1 Å². The van der Waals surface area contributed by atoms with Crippen LogP contribution in [0.1, 0.15) is 12.6 Å². The number of aromatic nitrogens is 6. The summed E-state index contributed by atoms with van der Waals surface area (Å²) in [6.45, 7) is 2.40. The summed E-state index contributed by atoms with van der Waals surface area (Å²) in [5, 5.41) is 7.67. The Morgan fingerprint density at radius 2 is 1.88 bits per heavy atom. The van der Waals surface area contributed by atoms with Gasteiger partial charge in [0.1, 0.15) is 11.5 Å². The minimum Gasteiger partial charge on any atom is -0.384 e. The molecule has 0 aliphatic heterocycles. The second kappa shape index (κ2) is 7.43. The molecule has 0 saturated heterocycles. The highest BCUT2D eigenvalue weighted by atomic mass is 19.4. The molecule has 5 rings (SSSR count). The fraction of sp³-hybridized carbons (Fsp3) is 0.143. The zero-order chi connectivity index (χ0) is 23.3. The van der Waals surface area contributed by atoms with E-state index in [9.17, 15) is 17.6 Å². The van der Waals surface area contributed by atoms with E-state index < -0.39 is 17.7 Å². The molecule has 0 fully saturated rings. The summed E-state index contributed by atoms with van der Waals surface area (Å²) in [7, 11) is 0. The summed E-state index contributed by atoms with van der Waals surface area (Å²) in [6.07, 6.45) is 0.903. The van der Waals surface area contributed by atoms with E-state index >= 15 is 0 Å². The Balaban J connectivity index is 1.89. The molecule has 33 heavy (non-hydrogen) atoms. The number of rotatable bonds is 4. The van der Waals surface area contributed by atoms with Crippen LogP contribution in [0.15, 0.2) is 43.0 Å². The molecule has 168 valence electrons. The number of anilines is 2. The minimum absolute atomic E-state index is 0.0391. The van der Waals surface area contributed by atoms with Crippen LogP contribution < -0.4 is 11.1 Å². The van der Waals surface area contributed by atoms with E-state index in [-0.39, 0.29) is 11.6 Å². The lowest BCUT2D eigenvalue weighted by Crippen LogP contribution is -2.08. The monoisotopic (exact) mass is 456 g/mol. The number of alkyl halides is 3. The summed E-state index contributed by atoms with van der Waals surface area (Å²) in [6, 6.07) is 3.51. The molecule has 0 spiro atoms. The molecular weight excluding hydrogens is 440 g/mol. The zero-order valence-corrected chi connectivity index (χ0v) is 17.1. The highest BCUT2D eigenvalue weighted by molar-refractivity contribution is 6.15. The van der Waals surface area contributed by atoms with Crippen molar-refractivity contribution in [2.24, 2.45) is 0 Å². The van der Waals surface area contributed by atoms with E-state index in [0.717, 1.165) is 10.7 Å². The van der Waals surface area contributed by atoms with Crippen molar-refractivity contribution in [3.63, 3.8) is 0 Å². The average molecular weight is 456 g/mol. The third-order valence-corrected chi connectivity index (χ3v) is 5.13. The van der Waals surface area contributed by atoms with Gasteiger partial charge in [0.25, 0.3) is 0 Å². The van der Waals surface area contributed by atoms with E-state index in [1.807, 2.05) is 6.92 Å². The molecule has 0 aliphatic carbocycles. The molecular formula is C21H16F4N8. The lowest BCUT2D eigenvalue weighted by Gasteiger charge is -2.12. The summed E-state index contributed by atoms with van der Waals surface area (Å²) < 4.78 is 55.5. The first-order valence-electron chi connectivity index (χ1n) is 9.85. The fourth-order valence-corrected chi connectivity index (χ4v) is 3.76. The Morgan fingerprint density at radius 1 is 1.12 bits per heavy atom. The van der Waals surface area contributed by atoms with Gasteiger partial charge in [0.2, 0.25) is 5.95 Å². The number of aromatic amines is 1. The molecule has 1 aromatic carbocycles. The van der Waals surface area contributed by atoms with E-state index in [2.05, 4.69) is 30.4 Å². The number of pyridine rings is 1. The topological polar surface area (TPSA) is 110 Å². The highest BCUT2D eigenvalue weighted by Gasteiger charge is 2.34. The van der Waals surface area contributed by atoms with Crippen molar-refractivity contribution < 1.29 is 17.6 Å². The maximum absolute atomic E-state index is 14.5. The van der Waals surface area contributed by atoms with Gasteiger partial charge >= 0.3 is 6.18 Å². The highest BCUT2D eigenvalue weighted by Crippen LogP contribution is 2.39. The Labute approximate surface area is 183 Å². The summed E-state index contributed by atoms with van der Waals surface area (Å²) in [5.74, 6) is -0.472. The number of benzene rings is 1. The van der Waals surface area contributed by atoms with Gasteiger partial charge in [0, 0.05) is 47.8 Å². The predicted octanol–water partition coefficient (Wildman–Crippen LogP) is 4.53. The maximum atomic E-state index is 14.5. The summed E-state index contributed by atoms with van der Waals surface area (Å²) in [4.78, 5) is 15.5. The first kappa shape index (κ1) is 20.7. The number of nitrogens with two attached hydrogens (primary N) is 1. The van der Waals surface area contributed by atoms with Gasteiger partial charge in [-0.2, -0.15) is 18.3 Å². The number of hydrogen-bond donors (Lipinski definition) is 3. The van der Waals surface area contributed by atoms with Crippen molar-refractivity contribution in [3.8, 4) is 16.8 Å². The number of hydrogen-bond acceptors (Lipinski definition) is 6. The molecule has 4 aromatic heterocycles. The largest absolute Gasteiger partial charge is 0.435 e. The molecule has 0 amide bonds. The molecule has 12 heteroatoms. The van der Waals surface area contributed by atoms with Gasteiger partial charge in [0.05, 0.1) is 22.3 Å². The van der Waals surface area contributed by atoms with Crippen molar-refractivity contribution in [1.82, 2.24) is 29.7 Å². The molecule has 0 unspecified atom stereocenters. The van der Waals surface area contributed by atoms with Gasteiger partial charge in [-0.25, -0.2) is 24.0 Å². The number of nitrogens with one attached hydrogen (secondary N) is 2. The van der Waals surface area contributed by atoms with Gasteiger partial charge in [-0.05, 0) is 25.1 Å². The molecule has 0 aliphatic rings. The molecule has 0 bridgehead atoms. The van der Waals surface area contributed by atoms with Gasteiger partial charge in [-0.1, -0.05) is 0 Å². The standard InChI is InChI=1S/C21H16F4N8/c1-2-27-14-6-11(22)5-12-16-18(33-4-3-15(32-33)21(23,24)25)13(9-28-19(16)31-17(12)14)10-7-29-20(26)30-8-10/h3-9,27H,2H2,1H3,(H,28,31)(H2,26,29,30). The van der Waals surface area contributed by atoms with Crippen LogP contribution in [0.3, 0.4) is 0 Å². The average Bonchev–Trinajstić information content (AvgIpc) is 3.39. The van der Waals surface area contributed by atoms with Gasteiger partial charge in [-0.15, -0.1) is 0 Å². The van der Waals surface area contributed by atoms with Crippen LogP contribution in [0.5, 0.6) is 0 Å². The summed E-state index contributed by atoms with van der Waals surface area (Å²) >= 11 is 0. The van der Waals surface area contributed by atoms with Crippen molar-refractivity contribution in [2.75, 3.05) is 17.6 Å². The van der Waals surface area contributed by atoms with Crippen LogP contribution in [-0.4, -0.2) is 36.3 Å². The fourth-order valence-electron chi connectivity index (χ4n) is 3.76. The normalized spacial score (nSPS) is 12.0.